The minimum absolute atomic E-state index is 0.0709. The van der Waals surface area contributed by atoms with Crippen LogP contribution in [-0.4, -0.2) is 52.4 Å². The Morgan fingerprint density at radius 3 is 2.09 bits per heavy atom. The molecule has 3 N–H and O–H groups in total. The molecule has 1 aliphatic heterocycles. The van der Waals surface area contributed by atoms with E-state index in [1.807, 2.05) is 41.5 Å². The molecule has 1 amide bonds. The molecule has 130 valence electrons. The third-order valence-corrected chi connectivity index (χ3v) is 3.35. The molecule has 5 atom stereocenters. The van der Waals surface area contributed by atoms with Gasteiger partial charge in [0.15, 0.2) is 6.29 Å². The lowest BCUT2D eigenvalue weighted by atomic mass is 9.84. The van der Waals surface area contributed by atoms with Crippen LogP contribution in [0.5, 0.6) is 0 Å². The molecule has 0 spiro atoms. The summed E-state index contributed by atoms with van der Waals surface area (Å²) in [5.74, 6) is -0.309. The van der Waals surface area contributed by atoms with Crippen molar-refractivity contribution in [3.63, 3.8) is 0 Å². The quantitative estimate of drug-likeness (QED) is 0.728. The van der Waals surface area contributed by atoms with Gasteiger partial charge in [-0.1, -0.05) is 20.8 Å². The van der Waals surface area contributed by atoms with Crippen LogP contribution in [0.1, 0.15) is 54.9 Å². The van der Waals surface area contributed by atoms with E-state index in [1.54, 1.807) is 0 Å². The first-order valence-electron chi connectivity index (χ1n) is 7.77. The van der Waals surface area contributed by atoms with Gasteiger partial charge in [-0.15, -0.1) is 0 Å². The van der Waals surface area contributed by atoms with Crippen LogP contribution in [0, 0.1) is 5.41 Å². The van der Waals surface area contributed by atoms with E-state index in [0.29, 0.717) is 6.42 Å². The van der Waals surface area contributed by atoms with E-state index in [4.69, 9.17) is 9.47 Å². The largest absolute Gasteiger partial charge is 0.388 e. The van der Waals surface area contributed by atoms with Crippen molar-refractivity contribution >= 4 is 5.91 Å². The van der Waals surface area contributed by atoms with Crippen molar-refractivity contribution in [3.05, 3.63) is 0 Å². The first-order valence-corrected chi connectivity index (χ1v) is 7.77. The maximum atomic E-state index is 11.4. The Hall–Kier alpha value is -0.690. The molecule has 0 radical (unpaired) electrons. The van der Waals surface area contributed by atoms with E-state index in [0.717, 1.165) is 0 Å². The summed E-state index contributed by atoms with van der Waals surface area (Å²) in [7, 11) is 0. The summed E-state index contributed by atoms with van der Waals surface area (Å²) in [6.07, 6.45) is -3.00. The lowest BCUT2D eigenvalue weighted by Crippen LogP contribution is -2.65. The van der Waals surface area contributed by atoms with E-state index in [2.05, 4.69) is 5.32 Å². The summed E-state index contributed by atoms with van der Waals surface area (Å²) in [6.45, 7) is 13.1. The number of aliphatic hydroxyl groups excluding tert-OH is 2. The molecule has 1 saturated heterocycles. The predicted octanol–water partition coefficient (Wildman–Crippen LogP) is 1.19. The number of aliphatic hydroxyl groups is 2. The number of rotatable bonds is 3. The molecular formula is C16H31NO5. The maximum Gasteiger partial charge on any atom is 0.217 e. The molecule has 1 heterocycles. The van der Waals surface area contributed by atoms with Crippen molar-refractivity contribution in [2.75, 3.05) is 0 Å². The van der Waals surface area contributed by atoms with Gasteiger partial charge in [-0.3, -0.25) is 4.79 Å². The van der Waals surface area contributed by atoms with E-state index >= 15 is 0 Å². The fourth-order valence-corrected chi connectivity index (χ4v) is 2.54. The summed E-state index contributed by atoms with van der Waals surface area (Å²) in [4.78, 5) is 11.4. The topological polar surface area (TPSA) is 88.0 Å². The van der Waals surface area contributed by atoms with Gasteiger partial charge in [0, 0.05) is 6.92 Å². The van der Waals surface area contributed by atoms with Gasteiger partial charge in [0.25, 0.3) is 0 Å². The van der Waals surface area contributed by atoms with Crippen LogP contribution < -0.4 is 5.32 Å². The Labute approximate surface area is 133 Å². The highest BCUT2D eigenvalue weighted by Crippen LogP contribution is 2.32. The molecule has 1 rings (SSSR count). The normalized spacial score (nSPS) is 33.6. The maximum absolute atomic E-state index is 11.4. The fraction of sp³-hybridized carbons (Fsp3) is 0.938. The zero-order valence-electron chi connectivity index (χ0n) is 14.7. The summed E-state index contributed by atoms with van der Waals surface area (Å²) in [5.41, 5.74) is -0.575. The molecule has 6 nitrogen and oxygen atoms in total. The Morgan fingerprint density at radius 1 is 1.14 bits per heavy atom. The zero-order valence-corrected chi connectivity index (χ0v) is 14.7. The number of amides is 1. The van der Waals surface area contributed by atoms with Gasteiger partial charge in [0.2, 0.25) is 5.91 Å². The SMILES string of the molecule is CC(=O)NC1C(OC(C)(C)C)OC(CC(C)(C)C)C(O)C1O. The molecule has 0 aromatic carbocycles. The Bertz CT molecular complexity index is 385. The highest BCUT2D eigenvalue weighted by Gasteiger charge is 2.47. The van der Waals surface area contributed by atoms with Gasteiger partial charge in [0.05, 0.1) is 11.7 Å². The number of carbonyl (C=O) groups is 1. The summed E-state index contributed by atoms with van der Waals surface area (Å²) < 4.78 is 11.7. The molecule has 1 aliphatic rings. The van der Waals surface area contributed by atoms with Crippen LogP contribution >= 0.6 is 0 Å². The molecule has 0 aromatic heterocycles. The van der Waals surface area contributed by atoms with Gasteiger partial charge >= 0.3 is 0 Å². The first-order chi connectivity index (χ1) is 9.80. The van der Waals surface area contributed by atoms with Crippen molar-refractivity contribution in [3.8, 4) is 0 Å². The highest BCUT2D eigenvalue weighted by atomic mass is 16.7. The smallest absolute Gasteiger partial charge is 0.217 e. The summed E-state index contributed by atoms with van der Waals surface area (Å²) in [6, 6.07) is -0.803. The number of hydrogen-bond donors (Lipinski definition) is 3. The molecule has 22 heavy (non-hydrogen) atoms. The van der Waals surface area contributed by atoms with E-state index in [1.165, 1.54) is 6.92 Å². The first kappa shape index (κ1) is 19.4. The van der Waals surface area contributed by atoms with Gasteiger partial charge in [-0.2, -0.15) is 0 Å². The van der Waals surface area contributed by atoms with E-state index in [-0.39, 0.29) is 11.3 Å². The van der Waals surface area contributed by atoms with Crippen molar-refractivity contribution in [2.24, 2.45) is 5.41 Å². The molecular weight excluding hydrogens is 286 g/mol. The van der Waals surface area contributed by atoms with Crippen LogP contribution in [-0.2, 0) is 14.3 Å². The molecule has 6 heteroatoms. The lowest BCUT2D eigenvalue weighted by molar-refractivity contribution is -0.292. The average molecular weight is 317 g/mol. The fourth-order valence-electron chi connectivity index (χ4n) is 2.54. The van der Waals surface area contributed by atoms with Crippen LogP contribution in [0.15, 0.2) is 0 Å². The zero-order chi connectivity index (χ0) is 17.3. The van der Waals surface area contributed by atoms with Crippen molar-refractivity contribution < 1.29 is 24.5 Å². The monoisotopic (exact) mass is 317 g/mol. The second-order valence-corrected chi connectivity index (χ2v) is 8.25. The molecule has 0 saturated carbocycles. The molecule has 5 unspecified atom stereocenters. The Morgan fingerprint density at radius 2 is 1.68 bits per heavy atom. The van der Waals surface area contributed by atoms with Crippen molar-refractivity contribution in [2.45, 2.75) is 91.1 Å². The third kappa shape index (κ3) is 5.83. The third-order valence-electron chi connectivity index (χ3n) is 3.35. The van der Waals surface area contributed by atoms with Crippen LogP contribution in [0.3, 0.4) is 0 Å². The summed E-state index contributed by atoms with van der Waals surface area (Å²) >= 11 is 0. The van der Waals surface area contributed by atoms with E-state index in [9.17, 15) is 15.0 Å². The molecule has 0 aliphatic carbocycles. The number of nitrogens with one attached hydrogen (secondary N) is 1. The summed E-state index contributed by atoms with van der Waals surface area (Å²) in [5, 5.41) is 23.3. The molecule has 0 bridgehead atoms. The van der Waals surface area contributed by atoms with Crippen LogP contribution in [0.4, 0.5) is 0 Å². The molecule has 1 fully saturated rings. The predicted molar refractivity (Wildman–Crippen MR) is 83.2 cm³/mol. The number of hydrogen-bond acceptors (Lipinski definition) is 5. The Balaban J connectivity index is 2.97. The lowest BCUT2D eigenvalue weighted by Gasteiger charge is -2.45. The van der Waals surface area contributed by atoms with Crippen molar-refractivity contribution in [1.82, 2.24) is 5.32 Å². The standard InChI is InChI=1S/C16H31NO5/c1-9(18)17-11-13(20)12(19)10(8-15(2,3)4)21-14(11)22-16(5,6)7/h10-14,19-20H,8H2,1-7H3,(H,17,18). The minimum Gasteiger partial charge on any atom is -0.388 e. The van der Waals surface area contributed by atoms with E-state index < -0.39 is 36.2 Å². The van der Waals surface area contributed by atoms with Gasteiger partial charge in [0.1, 0.15) is 18.2 Å². The second-order valence-electron chi connectivity index (χ2n) is 8.25. The van der Waals surface area contributed by atoms with Crippen molar-refractivity contribution in [1.29, 1.82) is 0 Å². The average Bonchev–Trinajstić information content (AvgIpc) is 2.27. The number of carbonyl (C=O) groups excluding carboxylic acids is 1. The van der Waals surface area contributed by atoms with Gasteiger partial charge < -0.3 is 25.0 Å². The second kappa shape index (κ2) is 6.83. The minimum atomic E-state index is -1.14. The van der Waals surface area contributed by atoms with Gasteiger partial charge in [-0.25, -0.2) is 0 Å². The van der Waals surface area contributed by atoms with Crippen LogP contribution in [0.2, 0.25) is 0 Å². The number of ether oxygens (including phenoxy) is 2. The van der Waals surface area contributed by atoms with Crippen LogP contribution in [0.25, 0.3) is 0 Å². The highest BCUT2D eigenvalue weighted by molar-refractivity contribution is 5.73. The molecule has 0 aromatic rings. The van der Waals surface area contributed by atoms with Gasteiger partial charge in [-0.05, 0) is 32.6 Å². The Kier molecular flexibility index (Phi) is 6.01.